The van der Waals surface area contributed by atoms with Gasteiger partial charge in [-0.05, 0) is 80.1 Å². The van der Waals surface area contributed by atoms with Crippen LogP contribution < -0.4 is 25.0 Å². The molecule has 0 saturated carbocycles. The van der Waals surface area contributed by atoms with E-state index in [9.17, 15) is 19.2 Å². The number of hydrazone groups is 1. The Kier molecular flexibility index (Phi) is 9.69. The smallest absolute Gasteiger partial charge is 0.343 e. The Morgan fingerprint density at radius 1 is 0.951 bits per heavy atom. The lowest BCUT2D eigenvalue weighted by atomic mass is 9.95. The number of nitrogens with one attached hydrogen (secondary N) is 2. The highest BCUT2D eigenvalue weighted by atomic mass is 32.1. The van der Waals surface area contributed by atoms with Crippen molar-refractivity contribution < 1.29 is 38.1 Å². The molecule has 3 aromatic rings. The number of hydrogen-bond acceptors (Lipinski definition) is 10. The zero-order valence-corrected chi connectivity index (χ0v) is 23.6. The molecule has 0 aliphatic heterocycles. The number of carbonyl (C=O) groups is 4. The van der Waals surface area contributed by atoms with E-state index >= 15 is 0 Å². The third-order valence-corrected chi connectivity index (χ3v) is 7.37. The Balaban J connectivity index is 1.39. The molecular weight excluding hydrogens is 550 g/mol. The number of fused-ring (bicyclic) bond motifs is 1. The van der Waals surface area contributed by atoms with Crippen LogP contribution in [0.4, 0.5) is 5.00 Å². The molecule has 2 N–H and O–H groups in total. The predicted octanol–water partition coefficient (Wildman–Crippen LogP) is 4.13. The van der Waals surface area contributed by atoms with Gasteiger partial charge in [0.05, 0.1) is 38.2 Å². The summed E-state index contributed by atoms with van der Waals surface area (Å²) in [6.45, 7) is 1.90. The lowest BCUT2D eigenvalue weighted by Crippen LogP contribution is -2.32. The van der Waals surface area contributed by atoms with Crippen LogP contribution in [-0.2, 0) is 27.2 Å². The van der Waals surface area contributed by atoms with E-state index in [1.165, 1.54) is 37.8 Å². The molecule has 11 nitrogen and oxygen atoms in total. The quantitative estimate of drug-likeness (QED) is 0.127. The number of esters is 2. The van der Waals surface area contributed by atoms with Gasteiger partial charge in [0.25, 0.3) is 0 Å². The monoisotopic (exact) mass is 579 g/mol. The molecule has 1 heterocycles. The maximum atomic E-state index is 12.6. The van der Waals surface area contributed by atoms with Crippen molar-refractivity contribution in [3.05, 3.63) is 69.6 Å². The van der Waals surface area contributed by atoms with Gasteiger partial charge in [-0.2, -0.15) is 5.10 Å². The van der Waals surface area contributed by atoms with Crippen LogP contribution in [0.2, 0.25) is 0 Å². The van der Waals surface area contributed by atoms with Gasteiger partial charge in [-0.3, -0.25) is 9.59 Å². The zero-order chi connectivity index (χ0) is 29.4. The predicted molar refractivity (Wildman–Crippen MR) is 152 cm³/mol. The van der Waals surface area contributed by atoms with Crippen molar-refractivity contribution in [1.82, 2.24) is 5.43 Å². The molecular formula is C29H29N3O8S. The summed E-state index contributed by atoms with van der Waals surface area (Å²) in [6.07, 6.45) is 4.76. The maximum Gasteiger partial charge on any atom is 0.343 e. The van der Waals surface area contributed by atoms with Gasteiger partial charge in [-0.1, -0.05) is 6.07 Å². The summed E-state index contributed by atoms with van der Waals surface area (Å²) in [7, 11) is 2.92. The van der Waals surface area contributed by atoms with E-state index in [4.69, 9.17) is 18.9 Å². The number of thiophene rings is 1. The second-order valence-corrected chi connectivity index (χ2v) is 9.93. The first kappa shape index (κ1) is 29.3. The highest BCUT2D eigenvalue weighted by Gasteiger charge is 2.28. The van der Waals surface area contributed by atoms with Crippen molar-refractivity contribution in [3.63, 3.8) is 0 Å². The third kappa shape index (κ3) is 7.09. The summed E-state index contributed by atoms with van der Waals surface area (Å²) >= 11 is 1.29. The molecule has 0 fully saturated rings. The maximum absolute atomic E-state index is 12.6. The molecule has 0 atom stereocenters. The van der Waals surface area contributed by atoms with Crippen molar-refractivity contribution in [2.45, 2.75) is 32.6 Å². The topological polar surface area (TPSA) is 142 Å². The van der Waals surface area contributed by atoms with E-state index in [0.717, 1.165) is 36.1 Å². The van der Waals surface area contributed by atoms with Crippen LogP contribution in [0.3, 0.4) is 0 Å². The van der Waals surface area contributed by atoms with E-state index in [1.54, 1.807) is 43.3 Å². The number of methoxy groups -OCH3 is 2. The average molecular weight is 580 g/mol. The number of amides is 2. The highest BCUT2D eigenvalue weighted by molar-refractivity contribution is 7.17. The van der Waals surface area contributed by atoms with Gasteiger partial charge in [-0.25, -0.2) is 15.0 Å². The van der Waals surface area contributed by atoms with Crippen LogP contribution in [0.1, 0.15) is 56.5 Å². The molecule has 1 aliphatic rings. The van der Waals surface area contributed by atoms with Crippen molar-refractivity contribution in [3.8, 4) is 17.2 Å². The largest absolute Gasteiger partial charge is 0.497 e. The van der Waals surface area contributed by atoms with E-state index in [1.807, 2.05) is 0 Å². The van der Waals surface area contributed by atoms with Crippen LogP contribution in [-0.4, -0.2) is 50.8 Å². The Bertz CT molecular complexity index is 1500. The van der Waals surface area contributed by atoms with Gasteiger partial charge in [0.2, 0.25) is 0 Å². The first-order valence-electron chi connectivity index (χ1n) is 12.8. The number of benzene rings is 2. The minimum Gasteiger partial charge on any atom is -0.497 e. The number of carbonyl (C=O) groups excluding carboxylic acids is 4. The molecule has 0 saturated heterocycles. The lowest BCUT2D eigenvalue weighted by molar-refractivity contribution is -0.136. The molecule has 0 spiro atoms. The van der Waals surface area contributed by atoms with Gasteiger partial charge >= 0.3 is 23.8 Å². The number of nitrogens with zero attached hydrogens (tertiary/aromatic N) is 1. The number of ether oxygens (including phenoxy) is 4. The van der Waals surface area contributed by atoms with Gasteiger partial charge < -0.3 is 24.3 Å². The van der Waals surface area contributed by atoms with E-state index < -0.39 is 23.8 Å². The van der Waals surface area contributed by atoms with Gasteiger partial charge in [0.15, 0.2) is 11.5 Å². The Hall–Kier alpha value is -4.71. The van der Waals surface area contributed by atoms with Crippen LogP contribution >= 0.6 is 11.3 Å². The van der Waals surface area contributed by atoms with Crippen LogP contribution in [0.5, 0.6) is 17.2 Å². The summed E-state index contributed by atoms with van der Waals surface area (Å²) < 4.78 is 21.1. The van der Waals surface area contributed by atoms with Gasteiger partial charge in [0.1, 0.15) is 10.8 Å². The van der Waals surface area contributed by atoms with E-state index in [-0.39, 0.29) is 18.1 Å². The minimum atomic E-state index is -1.02. The van der Waals surface area contributed by atoms with Crippen molar-refractivity contribution >= 4 is 46.3 Å². The molecule has 2 amide bonds. The second kappa shape index (κ2) is 13.6. The third-order valence-electron chi connectivity index (χ3n) is 6.16. The molecule has 41 heavy (non-hydrogen) atoms. The molecule has 4 rings (SSSR count). The molecule has 214 valence electrons. The summed E-state index contributed by atoms with van der Waals surface area (Å²) in [5, 5.41) is 6.67. The van der Waals surface area contributed by atoms with Gasteiger partial charge in [-0.15, -0.1) is 11.3 Å². The first-order chi connectivity index (χ1) is 19.8. The number of hydrogen-bond donors (Lipinski definition) is 2. The molecule has 1 aliphatic carbocycles. The molecule has 12 heteroatoms. The number of anilines is 1. The first-order valence-corrected chi connectivity index (χ1v) is 13.7. The standard InChI is InChI=1S/C29H29N3O8S/c1-4-39-29(36)24-20-10-5-6-11-23(20)41-27(24)31-25(33)26(34)32-30-16-17-12-13-21(22(14-17)38-3)40-28(35)18-8-7-9-19(15-18)37-2/h7-9,12-16H,4-6,10-11H2,1-3H3,(H,31,33)(H,32,34)/b30-16+. The molecule has 1 aromatic heterocycles. The van der Waals surface area contributed by atoms with Crippen LogP contribution in [0.15, 0.2) is 47.6 Å². The van der Waals surface area contributed by atoms with Crippen molar-refractivity contribution in [1.29, 1.82) is 0 Å². The lowest BCUT2D eigenvalue weighted by Gasteiger charge is -2.12. The number of aryl methyl sites for hydroxylation is 1. The summed E-state index contributed by atoms with van der Waals surface area (Å²) in [6, 6.07) is 11.2. The fraction of sp³-hybridized carbons (Fsp3) is 0.276. The fourth-order valence-electron chi connectivity index (χ4n) is 4.21. The highest BCUT2D eigenvalue weighted by Crippen LogP contribution is 2.38. The SMILES string of the molecule is CCOC(=O)c1c(NC(=O)C(=O)N/N=C/c2ccc(OC(=O)c3cccc(OC)c3)c(OC)c2)sc2c1CCCC2. The Morgan fingerprint density at radius 2 is 1.76 bits per heavy atom. The average Bonchev–Trinajstić information content (AvgIpc) is 3.35. The molecule has 0 bridgehead atoms. The Labute approximate surface area is 240 Å². The van der Waals surface area contributed by atoms with Crippen LogP contribution in [0.25, 0.3) is 0 Å². The summed E-state index contributed by atoms with van der Waals surface area (Å²) in [5.41, 5.74) is 4.16. The zero-order valence-electron chi connectivity index (χ0n) is 22.8. The minimum absolute atomic E-state index is 0.178. The molecule has 0 unspecified atom stereocenters. The van der Waals surface area contributed by atoms with Crippen molar-refractivity contribution in [2.75, 3.05) is 26.1 Å². The Morgan fingerprint density at radius 3 is 2.51 bits per heavy atom. The number of rotatable bonds is 9. The van der Waals surface area contributed by atoms with E-state index in [2.05, 4.69) is 15.8 Å². The van der Waals surface area contributed by atoms with E-state index in [0.29, 0.717) is 27.4 Å². The van der Waals surface area contributed by atoms with Crippen molar-refractivity contribution in [2.24, 2.45) is 5.10 Å². The molecule has 0 radical (unpaired) electrons. The van der Waals surface area contributed by atoms with Gasteiger partial charge in [0, 0.05) is 4.88 Å². The normalized spacial score (nSPS) is 12.3. The second-order valence-electron chi connectivity index (χ2n) is 8.82. The van der Waals surface area contributed by atoms with Crippen LogP contribution in [0, 0.1) is 0 Å². The summed E-state index contributed by atoms with van der Waals surface area (Å²) in [4.78, 5) is 51.2. The fourth-order valence-corrected chi connectivity index (χ4v) is 5.48. The molecule has 2 aromatic carbocycles. The summed E-state index contributed by atoms with van der Waals surface area (Å²) in [5.74, 6) is -2.16.